The van der Waals surface area contributed by atoms with E-state index < -0.39 is 5.97 Å². The van der Waals surface area contributed by atoms with Gasteiger partial charge in [0.2, 0.25) is 5.89 Å². The van der Waals surface area contributed by atoms with Crippen LogP contribution in [0.5, 0.6) is 0 Å². The third kappa shape index (κ3) is 2.07. The lowest BCUT2D eigenvalue weighted by Crippen LogP contribution is -1.98. The van der Waals surface area contributed by atoms with E-state index in [9.17, 15) is 4.79 Å². The predicted octanol–water partition coefficient (Wildman–Crippen LogP) is 3.00. The number of aromatic carboxylic acids is 1. The van der Waals surface area contributed by atoms with Crippen molar-refractivity contribution in [2.24, 2.45) is 0 Å². The molecule has 3 aromatic rings. The molecule has 0 bridgehead atoms. The predicted molar refractivity (Wildman–Crippen MR) is 69.1 cm³/mol. The van der Waals surface area contributed by atoms with E-state index in [0.29, 0.717) is 11.1 Å². The van der Waals surface area contributed by atoms with Crippen LogP contribution in [0.2, 0.25) is 0 Å². The summed E-state index contributed by atoms with van der Waals surface area (Å²) in [6.07, 6.45) is 1.51. The van der Waals surface area contributed by atoms with Crippen molar-refractivity contribution in [2.75, 3.05) is 0 Å². The molecule has 2 aromatic heterocycles. The minimum Gasteiger partial charge on any atom is -0.478 e. The maximum absolute atomic E-state index is 11.2. The van der Waals surface area contributed by atoms with Gasteiger partial charge in [0.1, 0.15) is 12.0 Å². The van der Waals surface area contributed by atoms with Gasteiger partial charge >= 0.3 is 5.97 Å². The summed E-state index contributed by atoms with van der Waals surface area (Å²) in [4.78, 5) is 11.2. The van der Waals surface area contributed by atoms with Crippen molar-refractivity contribution < 1.29 is 18.7 Å². The maximum Gasteiger partial charge on any atom is 0.336 e. The van der Waals surface area contributed by atoms with E-state index in [1.54, 1.807) is 31.2 Å². The molecule has 0 saturated carbocycles. The molecule has 6 heteroatoms. The summed E-state index contributed by atoms with van der Waals surface area (Å²) in [5.41, 5.74) is 1.17. The third-order valence-corrected chi connectivity index (χ3v) is 2.79. The Labute approximate surface area is 113 Å². The SMILES string of the molecule is Cc1cc(-c2nnc(-c3ccccc3C(=O)O)o2)co1. The lowest BCUT2D eigenvalue weighted by molar-refractivity contribution is 0.0697. The van der Waals surface area contributed by atoms with Gasteiger partial charge in [-0.2, -0.15) is 0 Å². The molecule has 0 atom stereocenters. The van der Waals surface area contributed by atoms with Crippen LogP contribution in [-0.2, 0) is 0 Å². The van der Waals surface area contributed by atoms with Gasteiger partial charge in [0.25, 0.3) is 5.89 Å². The Bertz CT molecular complexity index is 773. The van der Waals surface area contributed by atoms with Crippen LogP contribution in [0, 0.1) is 6.92 Å². The number of carboxylic acid groups (broad SMARTS) is 1. The smallest absolute Gasteiger partial charge is 0.336 e. The van der Waals surface area contributed by atoms with Gasteiger partial charge in [-0.25, -0.2) is 4.79 Å². The van der Waals surface area contributed by atoms with E-state index in [0.717, 1.165) is 5.76 Å². The average molecular weight is 270 g/mol. The third-order valence-electron chi connectivity index (χ3n) is 2.79. The average Bonchev–Trinajstić information content (AvgIpc) is 3.07. The highest BCUT2D eigenvalue weighted by Crippen LogP contribution is 2.27. The van der Waals surface area contributed by atoms with Crippen LogP contribution in [0.15, 0.2) is 45.4 Å². The van der Waals surface area contributed by atoms with Crippen LogP contribution in [0.25, 0.3) is 22.9 Å². The van der Waals surface area contributed by atoms with Crippen molar-refractivity contribution in [1.82, 2.24) is 10.2 Å². The van der Waals surface area contributed by atoms with Crippen LogP contribution in [0.3, 0.4) is 0 Å². The second-order valence-corrected chi connectivity index (χ2v) is 4.21. The van der Waals surface area contributed by atoms with E-state index in [2.05, 4.69) is 10.2 Å². The monoisotopic (exact) mass is 270 g/mol. The first-order valence-corrected chi connectivity index (χ1v) is 5.87. The van der Waals surface area contributed by atoms with Gasteiger partial charge in [-0.05, 0) is 25.1 Å². The number of hydrogen-bond acceptors (Lipinski definition) is 5. The normalized spacial score (nSPS) is 10.7. The highest BCUT2D eigenvalue weighted by Gasteiger charge is 2.17. The molecule has 100 valence electrons. The quantitative estimate of drug-likeness (QED) is 0.786. The molecule has 0 radical (unpaired) electrons. The molecule has 3 rings (SSSR count). The van der Waals surface area contributed by atoms with Crippen LogP contribution in [-0.4, -0.2) is 21.3 Å². The zero-order valence-corrected chi connectivity index (χ0v) is 10.5. The molecular weight excluding hydrogens is 260 g/mol. The fourth-order valence-corrected chi connectivity index (χ4v) is 1.86. The van der Waals surface area contributed by atoms with Crippen LogP contribution < -0.4 is 0 Å². The standard InChI is InChI=1S/C14H10N2O4/c1-8-6-9(7-19-8)12-15-16-13(20-12)10-4-2-3-5-11(10)14(17)18/h2-7H,1H3,(H,17,18). The first kappa shape index (κ1) is 12.2. The molecule has 0 aliphatic carbocycles. The van der Waals surface area contributed by atoms with E-state index in [1.807, 2.05) is 0 Å². The number of furan rings is 1. The number of hydrogen-bond donors (Lipinski definition) is 1. The Morgan fingerprint density at radius 3 is 2.65 bits per heavy atom. The first-order valence-electron chi connectivity index (χ1n) is 5.87. The molecule has 0 spiro atoms. The van der Waals surface area contributed by atoms with Crippen molar-refractivity contribution in [3.05, 3.63) is 47.9 Å². The number of rotatable bonds is 3. The minimum atomic E-state index is -1.04. The van der Waals surface area contributed by atoms with Gasteiger partial charge in [-0.3, -0.25) is 0 Å². The lowest BCUT2D eigenvalue weighted by Gasteiger charge is -1.99. The van der Waals surface area contributed by atoms with Gasteiger partial charge in [0.05, 0.1) is 16.7 Å². The van der Waals surface area contributed by atoms with E-state index >= 15 is 0 Å². The Balaban J connectivity index is 2.05. The highest BCUT2D eigenvalue weighted by molar-refractivity contribution is 5.94. The van der Waals surface area contributed by atoms with Crippen molar-refractivity contribution in [3.63, 3.8) is 0 Å². The molecule has 0 aliphatic heterocycles. The summed E-state index contributed by atoms with van der Waals surface area (Å²) in [5.74, 6) is 0.138. The van der Waals surface area contributed by atoms with Crippen LogP contribution >= 0.6 is 0 Å². The van der Waals surface area contributed by atoms with Crippen LogP contribution in [0.1, 0.15) is 16.1 Å². The van der Waals surface area contributed by atoms with E-state index in [1.165, 1.54) is 12.3 Å². The number of carboxylic acids is 1. The Kier molecular flexibility index (Phi) is 2.83. The molecule has 0 fully saturated rings. The Morgan fingerprint density at radius 2 is 1.95 bits per heavy atom. The van der Waals surface area contributed by atoms with Crippen molar-refractivity contribution >= 4 is 5.97 Å². The highest BCUT2D eigenvalue weighted by atomic mass is 16.4. The summed E-state index contributed by atoms with van der Waals surface area (Å²) in [6.45, 7) is 1.81. The minimum absolute atomic E-state index is 0.117. The number of nitrogens with zero attached hydrogens (tertiary/aromatic N) is 2. The van der Waals surface area contributed by atoms with E-state index in [-0.39, 0.29) is 17.3 Å². The second-order valence-electron chi connectivity index (χ2n) is 4.21. The maximum atomic E-state index is 11.2. The largest absolute Gasteiger partial charge is 0.478 e. The summed E-state index contributed by atoms with van der Waals surface area (Å²) in [5, 5.41) is 16.9. The second kappa shape index (κ2) is 4.65. The number of aryl methyl sites for hydroxylation is 1. The van der Waals surface area contributed by atoms with Gasteiger partial charge in [-0.15, -0.1) is 10.2 Å². The summed E-state index contributed by atoms with van der Waals surface area (Å²) in [7, 11) is 0. The molecule has 2 heterocycles. The van der Waals surface area contributed by atoms with E-state index in [4.69, 9.17) is 13.9 Å². The summed E-state index contributed by atoms with van der Waals surface area (Å²) in [6, 6.07) is 8.24. The van der Waals surface area contributed by atoms with Gasteiger partial charge in [-0.1, -0.05) is 12.1 Å². The zero-order chi connectivity index (χ0) is 14.1. The Morgan fingerprint density at radius 1 is 1.20 bits per heavy atom. The number of benzene rings is 1. The molecular formula is C14H10N2O4. The first-order chi connectivity index (χ1) is 9.65. The molecule has 1 aromatic carbocycles. The fraction of sp³-hybridized carbons (Fsp3) is 0.0714. The zero-order valence-electron chi connectivity index (χ0n) is 10.5. The topological polar surface area (TPSA) is 89.4 Å². The lowest BCUT2D eigenvalue weighted by atomic mass is 10.1. The molecule has 0 saturated heterocycles. The number of carbonyl (C=O) groups is 1. The van der Waals surface area contributed by atoms with Crippen molar-refractivity contribution in [1.29, 1.82) is 0 Å². The van der Waals surface area contributed by atoms with Crippen molar-refractivity contribution in [3.8, 4) is 22.9 Å². The molecule has 6 nitrogen and oxygen atoms in total. The fourth-order valence-electron chi connectivity index (χ4n) is 1.86. The molecule has 0 amide bonds. The van der Waals surface area contributed by atoms with Gasteiger partial charge in [0.15, 0.2) is 0 Å². The molecule has 20 heavy (non-hydrogen) atoms. The molecule has 0 aliphatic rings. The van der Waals surface area contributed by atoms with Gasteiger partial charge < -0.3 is 13.9 Å². The molecule has 1 N–H and O–H groups in total. The Hall–Kier alpha value is -2.89. The summed E-state index contributed by atoms with van der Waals surface area (Å²) >= 11 is 0. The molecule has 0 unspecified atom stereocenters. The van der Waals surface area contributed by atoms with Crippen LogP contribution in [0.4, 0.5) is 0 Å². The summed E-state index contributed by atoms with van der Waals surface area (Å²) < 4.78 is 10.7. The van der Waals surface area contributed by atoms with Gasteiger partial charge in [0, 0.05) is 0 Å². The van der Waals surface area contributed by atoms with Crippen molar-refractivity contribution in [2.45, 2.75) is 6.92 Å². The number of aromatic nitrogens is 2.